The molecule has 76 valence electrons. The van der Waals surface area contributed by atoms with Gasteiger partial charge in [0.05, 0.1) is 5.69 Å². The second kappa shape index (κ2) is 4.37. The molecule has 2 rings (SSSR count). The Morgan fingerprint density at radius 3 is 2.27 bits per heavy atom. The molecular weight excluding hydrogens is 206 g/mol. The minimum absolute atomic E-state index is 0.955. The van der Waals surface area contributed by atoms with Crippen LogP contribution in [0.1, 0.15) is 5.56 Å². The summed E-state index contributed by atoms with van der Waals surface area (Å²) in [5.41, 5.74) is 4.54. The highest BCUT2D eigenvalue weighted by Crippen LogP contribution is 2.24. The summed E-state index contributed by atoms with van der Waals surface area (Å²) in [7, 11) is 0. The lowest BCUT2D eigenvalue weighted by molar-refractivity contribution is 1.46. The van der Waals surface area contributed by atoms with Gasteiger partial charge in [0.15, 0.2) is 0 Å². The normalized spacial score (nSPS) is 10.0. The van der Waals surface area contributed by atoms with Gasteiger partial charge in [0.2, 0.25) is 0 Å². The van der Waals surface area contributed by atoms with Crippen molar-refractivity contribution in [1.82, 2.24) is 0 Å². The van der Waals surface area contributed by atoms with Crippen molar-refractivity contribution in [2.45, 2.75) is 6.92 Å². The maximum Gasteiger partial charge on any atom is 0.0521 e. The summed E-state index contributed by atoms with van der Waals surface area (Å²) in [6.07, 6.45) is 0. The highest BCUT2D eigenvalue weighted by atomic mass is 35.5. The molecule has 1 N–H and O–H groups in total. The summed E-state index contributed by atoms with van der Waals surface area (Å²) in [6.45, 7) is 2.04. The highest BCUT2D eigenvalue weighted by molar-refractivity contribution is 6.24. The quantitative estimate of drug-likeness (QED) is 0.743. The van der Waals surface area contributed by atoms with Gasteiger partial charge in [0.25, 0.3) is 0 Å². The lowest BCUT2D eigenvalue weighted by atomic mass is 10.0. The summed E-state index contributed by atoms with van der Waals surface area (Å²) in [5, 5.41) is 0. The zero-order valence-corrected chi connectivity index (χ0v) is 9.25. The summed E-state index contributed by atoms with van der Waals surface area (Å²) in [5.74, 6) is 0. The van der Waals surface area contributed by atoms with Gasteiger partial charge < -0.3 is 0 Å². The molecule has 0 bridgehead atoms. The molecule has 2 heteroatoms. The minimum Gasteiger partial charge on any atom is -0.298 e. The highest BCUT2D eigenvalue weighted by Gasteiger charge is 2.00. The molecule has 0 aromatic heterocycles. The predicted octanol–water partition coefficient (Wildman–Crippen LogP) is 4.23. The lowest BCUT2D eigenvalue weighted by Gasteiger charge is -2.06. The van der Waals surface area contributed by atoms with E-state index in [0.29, 0.717) is 0 Å². The van der Waals surface area contributed by atoms with E-state index in [2.05, 4.69) is 29.1 Å². The Balaban J connectivity index is 2.43. The molecule has 15 heavy (non-hydrogen) atoms. The number of nitrogens with one attached hydrogen (secondary N) is 1. The number of rotatable bonds is 2. The number of halogens is 1. The number of benzene rings is 2. The third-order valence-corrected chi connectivity index (χ3v) is 2.64. The molecule has 2 aromatic carbocycles. The number of hydrogen-bond acceptors (Lipinski definition) is 1. The first-order chi connectivity index (χ1) is 7.31. The maximum absolute atomic E-state index is 5.58. The van der Waals surface area contributed by atoms with E-state index in [1.807, 2.05) is 31.2 Å². The Kier molecular flexibility index (Phi) is 2.93. The van der Waals surface area contributed by atoms with E-state index in [4.69, 9.17) is 11.8 Å². The van der Waals surface area contributed by atoms with E-state index >= 15 is 0 Å². The molecule has 0 aliphatic rings. The molecule has 0 aliphatic carbocycles. The smallest absolute Gasteiger partial charge is 0.0521 e. The van der Waals surface area contributed by atoms with E-state index in [0.717, 1.165) is 11.3 Å². The van der Waals surface area contributed by atoms with Crippen molar-refractivity contribution in [3.63, 3.8) is 0 Å². The molecule has 0 spiro atoms. The minimum atomic E-state index is 0.955. The fourth-order valence-corrected chi connectivity index (χ4v) is 1.79. The molecule has 0 aliphatic heterocycles. The zero-order chi connectivity index (χ0) is 10.7. The van der Waals surface area contributed by atoms with E-state index in [-0.39, 0.29) is 0 Å². The second-order valence-electron chi connectivity index (χ2n) is 3.49. The van der Waals surface area contributed by atoms with Gasteiger partial charge >= 0.3 is 0 Å². The van der Waals surface area contributed by atoms with Crippen molar-refractivity contribution < 1.29 is 0 Å². The van der Waals surface area contributed by atoms with Crippen LogP contribution in [0.5, 0.6) is 0 Å². The molecule has 0 heterocycles. The van der Waals surface area contributed by atoms with Crippen LogP contribution in [-0.4, -0.2) is 0 Å². The van der Waals surface area contributed by atoms with Crippen LogP contribution in [0.15, 0.2) is 48.5 Å². The third kappa shape index (κ3) is 2.13. The molecule has 0 saturated heterocycles. The third-order valence-electron chi connectivity index (χ3n) is 2.44. The summed E-state index contributed by atoms with van der Waals surface area (Å²) in [4.78, 5) is 2.65. The topological polar surface area (TPSA) is 12.0 Å². The van der Waals surface area contributed by atoms with Crippen LogP contribution in [-0.2, 0) is 0 Å². The van der Waals surface area contributed by atoms with E-state index in [1.165, 1.54) is 11.1 Å². The Hall–Kier alpha value is -1.47. The van der Waals surface area contributed by atoms with E-state index in [9.17, 15) is 0 Å². The van der Waals surface area contributed by atoms with Crippen LogP contribution in [0, 0.1) is 6.92 Å². The molecule has 0 unspecified atom stereocenters. The van der Waals surface area contributed by atoms with Crippen LogP contribution >= 0.6 is 11.8 Å². The monoisotopic (exact) mass is 217 g/mol. The van der Waals surface area contributed by atoms with Crippen LogP contribution in [0.25, 0.3) is 11.1 Å². The molecule has 2 aromatic rings. The molecule has 0 amide bonds. The van der Waals surface area contributed by atoms with Crippen molar-refractivity contribution in [2.24, 2.45) is 0 Å². The van der Waals surface area contributed by atoms with Gasteiger partial charge in [-0.25, -0.2) is 0 Å². The van der Waals surface area contributed by atoms with Crippen LogP contribution < -0.4 is 4.84 Å². The van der Waals surface area contributed by atoms with Gasteiger partial charge in [-0.15, -0.1) is 0 Å². The first kappa shape index (κ1) is 10.1. The Morgan fingerprint density at radius 1 is 0.933 bits per heavy atom. The number of hydrogen-bond donors (Lipinski definition) is 1. The van der Waals surface area contributed by atoms with Crippen LogP contribution in [0.3, 0.4) is 0 Å². The summed E-state index contributed by atoms with van der Waals surface area (Å²) >= 11 is 5.58. The first-order valence-corrected chi connectivity index (χ1v) is 5.22. The lowest BCUT2D eigenvalue weighted by Crippen LogP contribution is -1.86. The molecule has 0 atom stereocenters. The molecule has 0 fully saturated rings. The maximum atomic E-state index is 5.58. The van der Waals surface area contributed by atoms with Crippen LogP contribution in [0.2, 0.25) is 0 Å². The van der Waals surface area contributed by atoms with E-state index in [1.54, 1.807) is 0 Å². The van der Waals surface area contributed by atoms with Crippen molar-refractivity contribution in [2.75, 3.05) is 4.84 Å². The van der Waals surface area contributed by atoms with Crippen molar-refractivity contribution in [3.05, 3.63) is 54.1 Å². The summed E-state index contributed by atoms with van der Waals surface area (Å²) in [6, 6.07) is 16.5. The Bertz CT molecular complexity index is 451. The molecule has 1 nitrogen and oxygen atoms in total. The Labute approximate surface area is 94.8 Å². The standard InChI is InChI=1S/C13H12ClN/c1-10-9-12(7-8-13(10)15-14)11-5-3-2-4-6-11/h2-9,15H,1H3. The van der Waals surface area contributed by atoms with Crippen LogP contribution in [0.4, 0.5) is 5.69 Å². The second-order valence-corrected chi connectivity index (χ2v) is 3.68. The van der Waals surface area contributed by atoms with Gasteiger partial charge in [-0.05, 0) is 35.7 Å². The average molecular weight is 218 g/mol. The largest absolute Gasteiger partial charge is 0.298 e. The SMILES string of the molecule is Cc1cc(-c2ccccc2)ccc1NCl. The van der Waals surface area contributed by atoms with Gasteiger partial charge in [-0.3, -0.25) is 4.84 Å². The van der Waals surface area contributed by atoms with Crippen molar-refractivity contribution >= 4 is 17.5 Å². The fourth-order valence-electron chi connectivity index (χ4n) is 1.58. The molecule has 0 saturated carbocycles. The number of anilines is 1. The first-order valence-electron chi connectivity index (χ1n) is 4.84. The van der Waals surface area contributed by atoms with Gasteiger partial charge in [-0.2, -0.15) is 0 Å². The molecular formula is C13H12ClN. The van der Waals surface area contributed by atoms with Crippen molar-refractivity contribution in [3.8, 4) is 11.1 Å². The fraction of sp³-hybridized carbons (Fsp3) is 0.0769. The zero-order valence-electron chi connectivity index (χ0n) is 8.50. The van der Waals surface area contributed by atoms with Gasteiger partial charge in [0.1, 0.15) is 0 Å². The van der Waals surface area contributed by atoms with E-state index < -0.39 is 0 Å². The predicted molar refractivity (Wildman–Crippen MR) is 66.1 cm³/mol. The molecule has 0 radical (unpaired) electrons. The number of aryl methyl sites for hydroxylation is 1. The van der Waals surface area contributed by atoms with Gasteiger partial charge in [-0.1, -0.05) is 36.4 Å². The Morgan fingerprint density at radius 2 is 1.67 bits per heavy atom. The average Bonchev–Trinajstić information content (AvgIpc) is 2.30. The summed E-state index contributed by atoms with van der Waals surface area (Å²) < 4.78 is 0. The van der Waals surface area contributed by atoms with Crippen molar-refractivity contribution in [1.29, 1.82) is 0 Å². The van der Waals surface area contributed by atoms with Gasteiger partial charge in [0, 0.05) is 11.8 Å².